The molecule has 1 saturated heterocycles. The minimum Gasteiger partial charge on any atom is -0.381 e. The van der Waals surface area contributed by atoms with Gasteiger partial charge in [-0.2, -0.15) is 0 Å². The van der Waals surface area contributed by atoms with Crippen LogP contribution in [0.25, 0.3) is 0 Å². The summed E-state index contributed by atoms with van der Waals surface area (Å²) >= 11 is 0. The molecule has 1 heterocycles. The van der Waals surface area contributed by atoms with Crippen molar-refractivity contribution in [3.8, 4) is 0 Å². The van der Waals surface area contributed by atoms with Gasteiger partial charge in [0.25, 0.3) is 0 Å². The minimum atomic E-state index is 0.0579. The molecule has 1 aromatic carbocycles. The molecule has 0 saturated carbocycles. The highest BCUT2D eigenvalue weighted by molar-refractivity contribution is 5.81. The number of carbonyl (C=O) groups is 1. The van der Waals surface area contributed by atoms with Crippen molar-refractivity contribution < 1.29 is 9.53 Å². The third-order valence-corrected chi connectivity index (χ3v) is 4.77. The van der Waals surface area contributed by atoms with E-state index in [4.69, 9.17) is 4.74 Å². The number of aliphatic imine (C=N–C) groups is 1. The fraction of sp³-hybridized carbons (Fsp3) is 0.636. The summed E-state index contributed by atoms with van der Waals surface area (Å²) in [7, 11) is 0. The maximum absolute atomic E-state index is 12.1. The first-order valence-corrected chi connectivity index (χ1v) is 10.6. The SMILES string of the molecule is CCNC(=NCCCOCCc1ccccc1)NC1CCN(C(=O)C(C)C)C1. The molecule has 2 N–H and O–H groups in total. The molecule has 156 valence electrons. The molecule has 1 aromatic rings. The lowest BCUT2D eigenvalue weighted by Gasteiger charge is -2.20. The average molecular weight is 389 g/mol. The van der Waals surface area contributed by atoms with Crippen LogP contribution in [0.15, 0.2) is 35.3 Å². The van der Waals surface area contributed by atoms with Gasteiger partial charge in [-0.3, -0.25) is 9.79 Å². The Bertz CT molecular complexity index is 604. The van der Waals surface area contributed by atoms with E-state index in [1.807, 2.05) is 24.8 Å². The van der Waals surface area contributed by atoms with Gasteiger partial charge in [-0.15, -0.1) is 0 Å². The van der Waals surface area contributed by atoms with E-state index in [0.717, 1.165) is 64.6 Å². The van der Waals surface area contributed by atoms with Crippen molar-refractivity contribution in [3.63, 3.8) is 0 Å². The molecule has 6 heteroatoms. The first kappa shape index (κ1) is 22.2. The Labute approximate surface area is 169 Å². The van der Waals surface area contributed by atoms with Gasteiger partial charge in [0.15, 0.2) is 5.96 Å². The zero-order chi connectivity index (χ0) is 20.2. The van der Waals surface area contributed by atoms with Gasteiger partial charge in [0.2, 0.25) is 5.91 Å². The van der Waals surface area contributed by atoms with E-state index in [1.54, 1.807) is 0 Å². The van der Waals surface area contributed by atoms with E-state index in [1.165, 1.54) is 5.56 Å². The van der Waals surface area contributed by atoms with E-state index in [2.05, 4.69) is 46.8 Å². The molecule has 0 aliphatic carbocycles. The highest BCUT2D eigenvalue weighted by Crippen LogP contribution is 2.12. The smallest absolute Gasteiger partial charge is 0.225 e. The first-order chi connectivity index (χ1) is 13.6. The third kappa shape index (κ3) is 7.89. The molecule has 2 rings (SSSR count). The fourth-order valence-corrected chi connectivity index (χ4v) is 3.25. The number of hydrogen-bond donors (Lipinski definition) is 2. The highest BCUT2D eigenvalue weighted by atomic mass is 16.5. The van der Waals surface area contributed by atoms with E-state index >= 15 is 0 Å². The maximum atomic E-state index is 12.1. The Morgan fingerprint density at radius 3 is 2.79 bits per heavy atom. The minimum absolute atomic E-state index is 0.0579. The summed E-state index contributed by atoms with van der Waals surface area (Å²) in [6.07, 6.45) is 2.81. The van der Waals surface area contributed by atoms with Crippen LogP contribution in [-0.4, -0.2) is 62.2 Å². The molecule has 28 heavy (non-hydrogen) atoms. The number of nitrogens with one attached hydrogen (secondary N) is 2. The van der Waals surface area contributed by atoms with Crippen LogP contribution in [0.4, 0.5) is 0 Å². The summed E-state index contributed by atoms with van der Waals surface area (Å²) in [6.45, 7) is 10.6. The zero-order valence-corrected chi connectivity index (χ0v) is 17.6. The molecule has 1 amide bonds. The molecule has 0 bridgehead atoms. The van der Waals surface area contributed by atoms with E-state index < -0.39 is 0 Å². The van der Waals surface area contributed by atoms with Gasteiger partial charge >= 0.3 is 0 Å². The predicted octanol–water partition coefficient (Wildman–Crippen LogP) is 2.45. The van der Waals surface area contributed by atoms with E-state index in [0.29, 0.717) is 0 Å². The summed E-state index contributed by atoms with van der Waals surface area (Å²) in [5, 5.41) is 6.76. The van der Waals surface area contributed by atoms with Gasteiger partial charge in [0, 0.05) is 44.7 Å². The summed E-state index contributed by atoms with van der Waals surface area (Å²) in [5.74, 6) is 1.12. The summed E-state index contributed by atoms with van der Waals surface area (Å²) < 4.78 is 5.72. The predicted molar refractivity (Wildman–Crippen MR) is 115 cm³/mol. The molecule has 1 fully saturated rings. The molecule has 0 spiro atoms. The van der Waals surface area contributed by atoms with Gasteiger partial charge in [-0.05, 0) is 31.7 Å². The number of carbonyl (C=O) groups excluding carboxylic acids is 1. The van der Waals surface area contributed by atoms with Crippen molar-refractivity contribution in [1.82, 2.24) is 15.5 Å². The van der Waals surface area contributed by atoms with Crippen molar-refractivity contribution in [2.45, 2.75) is 46.1 Å². The zero-order valence-electron chi connectivity index (χ0n) is 17.6. The normalized spacial score (nSPS) is 17.2. The van der Waals surface area contributed by atoms with Crippen LogP contribution in [0.2, 0.25) is 0 Å². The highest BCUT2D eigenvalue weighted by Gasteiger charge is 2.27. The van der Waals surface area contributed by atoms with Crippen LogP contribution < -0.4 is 10.6 Å². The Kier molecular flexibility index (Phi) is 9.83. The van der Waals surface area contributed by atoms with Crippen molar-refractivity contribution in [1.29, 1.82) is 0 Å². The number of hydrogen-bond acceptors (Lipinski definition) is 3. The molecule has 1 unspecified atom stereocenters. The van der Waals surface area contributed by atoms with Crippen LogP contribution in [-0.2, 0) is 16.0 Å². The third-order valence-electron chi connectivity index (χ3n) is 4.77. The topological polar surface area (TPSA) is 66.0 Å². The van der Waals surface area contributed by atoms with Crippen LogP contribution in [0, 0.1) is 5.92 Å². The van der Waals surface area contributed by atoms with Crippen LogP contribution in [0.5, 0.6) is 0 Å². The number of benzene rings is 1. The van der Waals surface area contributed by atoms with E-state index in [9.17, 15) is 4.79 Å². The molecule has 1 aliphatic rings. The number of rotatable bonds is 10. The molecule has 0 aromatic heterocycles. The largest absolute Gasteiger partial charge is 0.381 e. The van der Waals surface area contributed by atoms with Crippen LogP contribution >= 0.6 is 0 Å². The van der Waals surface area contributed by atoms with Gasteiger partial charge in [0.05, 0.1) is 6.61 Å². The average Bonchev–Trinajstić information content (AvgIpc) is 3.15. The summed E-state index contributed by atoms with van der Waals surface area (Å²) in [6, 6.07) is 10.7. The number of ether oxygens (including phenoxy) is 1. The standard InChI is InChI=1S/C22H36N4O2/c1-4-23-22(25-20-11-14-26(17-20)21(27)18(2)3)24-13-8-15-28-16-12-19-9-6-5-7-10-19/h5-7,9-10,18,20H,4,8,11-17H2,1-3H3,(H2,23,24,25). The van der Waals surface area contributed by atoms with Crippen molar-refractivity contribution in [2.75, 3.05) is 39.4 Å². The Balaban J connectivity index is 1.64. The second-order valence-corrected chi connectivity index (χ2v) is 7.53. The molecule has 0 radical (unpaired) electrons. The second-order valence-electron chi connectivity index (χ2n) is 7.53. The molecular weight excluding hydrogens is 352 g/mol. The second kappa shape index (κ2) is 12.4. The van der Waals surface area contributed by atoms with Crippen LogP contribution in [0.3, 0.4) is 0 Å². The van der Waals surface area contributed by atoms with Crippen molar-refractivity contribution >= 4 is 11.9 Å². The number of nitrogens with zero attached hydrogens (tertiary/aromatic N) is 2. The first-order valence-electron chi connectivity index (χ1n) is 10.6. The fourth-order valence-electron chi connectivity index (χ4n) is 3.25. The van der Waals surface area contributed by atoms with Crippen LogP contribution in [0.1, 0.15) is 39.2 Å². The lowest BCUT2D eigenvalue weighted by molar-refractivity contribution is -0.133. The molecule has 6 nitrogen and oxygen atoms in total. The Morgan fingerprint density at radius 1 is 1.29 bits per heavy atom. The molecular formula is C22H36N4O2. The monoisotopic (exact) mass is 388 g/mol. The van der Waals surface area contributed by atoms with Gasteiger partial charge in [0.1, 0.15) is 0 Å². The number of guanidine groups is 1. The van der Waals surface area contributed by atoms with E-state index in [-0.39, 0.29) is 17.9 Å². The summed E-state index contributed by atoms with van der Waals surface area (Å²) in [5.41, 5.74) is 1.31. The summed E-state index contributed by atoms with van der Waals surface area (Å²) in [4.78, 5) is 18.7. The Hall–Kier alpha value is -2.08. The quantitative estimate of drug-likeness (QED) is 0.367. The van der Waals surface area contributed by atoms with Crippen molar-refractivity contribution in [2.24, 2.45) is 10.9 Å². The van der Waals surface area contributed by atoms with Gasteiger partial charge in [-0.1, -0.05) is 44.2 Å². The van der Waals surface area contributed by atoms with Gasteiger partial charge in [-0.25, -0.2) is 0 Å². The molecule has 1 atom stereocenters. The lowest BCUT2D eigenvalue weighted by atomic mass is 10.2. The number of likely N-dealkylation sites (tertiary alicyclic amines) is 1. The number of amides is 1. The molecule has 1 aliphatic heterocycles. The van der Waals surface area contributed by atoms with Crippen molar-refractivity contribution in [3.05, 3.63) is 35.9 Å². The van der Waals surface area contributed by atoms with Gasteiger partial charge < -0.3 is 20.3 Å². The Morgan fingerprint density at radius 2 is 2.07 bits per heavy atom. The lowest BCUT2D eigenvalue weighted by Crippen LogP contribution is -2.45. The maximum Gasteiger partial charge on any atom is 0.225 e.